The summed E-state index contributed by atoms with van der Waals surface area (Å²) in [5.74, 6) is 0.811. The number of nitrogens with zero attached hydrogens (tertiary/aromatic N) is 3. The lowest BCUT2D eigenvalue weighted by Gasteiger charge is -2.12. The lowest BCUT2D eigenvalue weighted by atomic mass is 9.95. The lowest BCUT2D eigenvalue weighted by molar-refractivity contribution is 0.0526. The molecule has 1 amide bonds. The van der Waals surface area contributed by atoms with Crippen LogP contribution in [0, 0.1) is 0 Å². The fourth-order valence-electron chi connectivity index (χ4n) is 5.11. The van der Waals surface area contributed by atoms with Gasteiger partial charge in [-0.1, -0.05) is 70.2 Å². The van der Waals surface area contributed by atoms with Crippen LogP contribution in [0.15, 0.2) is 88.5 Å². The Balaban J connectivity index is 1.18. The molecule has 0 atom stereocenters. The molecule has 0 bridgehead atoms. The lowest BCUT2D eigenvalue weighted by Crippen LogP contribution is -2.15. The molecule has 0 spiro atoms. The van der Waals surface area contributed by atoms with E-state index in [0.29, 0.717) is 28.5 Å². The molecule has 0 radical (unpaired) electrons. The number of hydrogen-bond acceptors (Lipinski definition) is 7. The van der Waals surface area contributed by atoms with Crippen molar-refractivity contribution < 1.29 is 14.3 Å². The number of halogens is 1. The van der Waals surface area contributed by atoms with Crippen molar-refractivity contribution >= 4 is 55.9 Å². The fraction of sp³-hybridized carbons (Fsp3) is 0.212. The molecule has 3 aromatic carbocycles. The molecule has 5 aromatic rings. The molecule has 1 N–H and O–H groups in total. The SMILES string of the molecule is CCOC(=O)c1c(NC(=O)c2ccc(CSc3nnc(-c4ccc(Br)cc4)n3-c3ccccc3)cc2)sc2c1CCCC2. The Hall–Kier alpha value is -3.73. The molecule has 1 aliphatic carbocycles. The number of aryl methyl sites for hydroxylation is 1. The van der Waals surface area contributed by atoms with Gasteiger partial charge in [0.15, 0.2) is 11.0 Å². The van der Waals surface area contributed by atoms with Gasteiger partial charge >= 0.3 is 5.97 Å². The molecule has 0 unspecified atom stereocenters. The normalized spacial score (nSPS) is 12.5. The first-order valence-electron chi connectivity index (χ1n) is 14.1. The van der Waals surface area contributed by atoms with E-state index in [1.54, 1.807) is 18.7 Å². The summed E-state index contributed by atoms with van der Waals surface area (Å²) < 4.78 is 8.40. The summed E-state index contributed by atoms with van der Waals surface area (Å²) in [6, 6.07) is 25.6. The first-order chi connectivity index (χ1) is 21.0. The van der Waals surface area contributed by atoms with E-state index in [0.717, 1.165) is 63.5 Å². The maximum absolute atomic E-state index is 13.2. The maximum Gasteiger partial charge on any atom is 0.341 e. The maximum atomic E-state index is 13.2. The number of amides is 1. The minimum absolute atomic E-state index is 0.244. The Kier molecular flexibility index (Phi) is 9.06. The molecule has 10 heteroatoms. The van der Waals surface area contributed by atoms with E-state index in [2.05, 4.69) is 36.0 Å². The van der Waals surface area contributed by atoms with E-state index in [1.807, 2.05) is 78.9 Å². The number of carbonyl (C=O) groups is 2. The monoisotopic (exact) mass is 672 g/mol. The molecular formula is C33H29BrN4O3S2. The highest BCUT2D eigenvalue weighted by atomic mass is 79.9. The van der Waals surface area contributed by atoms with E-state index < -0.39 is 0 Å². The van der Waals surface area contributed by atoms with Gasteiger partial charge in [-0.05, 0) is 80.1 Å². The predicted octanol–water partition coefficient (Wildman–Crippen LogP) is 8.36. The smallest absolute Gasteiger partial charge is 0.341 e. The van der Waals surface area contributed by atoms with Crippen LogP contribution in [0.4, 0.5) is 5.00 Å². The van der Waals surface area contributed by atoms with Gasteiger partial charge in [0.2, 0.25) is 0 Å². The third kappa shape index (κ3) is 6.46. The molecule has 2 heterocycles. The topological polar surface area (TPSA) is 86.1 Å². The van der Waals surface area contributed by atoms with Crippen molar-refractivity contribution in [1.29, 1.82) is 0 Å². The van der Waals surface area contributed by atoms with Crippen LogP contribution in [0.1, 0.15) is 56.5 Å². The number of hydrogen-bond donors (Lipinski definition) is 1. The first-order valence-corrected chi connectivity index (χ1v) is 16.7. The minimum Gasteiger partial charge on any atom is -0.462 e. The van der Waals surface area contributed by atoms with Gasteiger partial charge in [0.05, 0.1) is 12.2 Å². The number of anilines is 1. The molecular weight excluding hydrogens is 644 g/mol. The predicted molar refractivity (Wildman–Crippen MR) is 175 cm³/mol. The summed E-state index contributed by atoms with van der Waals surface area (Å²) in [6.07, 6.45) is 3.90. The average Bonchev–Trinajstić information content (AvgIpc) is 3.62. The molecule has 0 saturated heterocycles. The molecule has 2 aromatic heterocycles. The van der Waals surface area contributed by atoms with Gasteiger partial charge in [-0.2, -0.15) is 0 Å². The van der Waals surface area contributed by atoms with Crippen molar-refractivity contribution in [3.63, 3.8) is 0 Å². The van der Waals surface area contributed by atoms with Crippen LogP contribution in [-0.4, -0.2) is 33.2 Å². The van der Waals surface area contributed by atoms with Crippen LogP contribution in [0.5, 0.6) is 0 Å². The van der Waals surface area contributed by atoms with Crippen LogP contribution in [0.25, 0.3) is 17.1 Å². The average molecular weight is 674 g/mol. The second kappa shape index (κ2) is 13.3. The molecule has 6 rings (SSSR count). The number of thiophene rings is 1. The van der Waals surface area contributed by atoms with E-state index in [4.69, 9.17) is 4.74 Å². The summed E-state index contributed by atoms with van der Waals surface area (Å²) in [5, 5.41) is 13.4. The third-order valence-corrected chi connectivity index (χ3v) is 9.95. The Bertz CT molecular complexity index is 1750. The van der Waals surface area contributed by atoms with Crippen LogP contribution >= 0.6 is 39.0 Å². The van der Waals surface area contributed by atoms with Crippen LogP contribution in [0.2, 0.25) is 0 Å². The third-order valence-electron chi connectivity index (χ3n) is 7.21. The Morgan fingerprint density at radius 3 is 2.47 bits per heavy atom. The van der Waals surface area contributed by atoms with Crippen molar-refractivity contribution in [3.05, 3.63) is 110 Å². The van der Waals surface area contributed by atoms with Gasteiger partial charge < -0.3 is 10.1 Å². The second-order valence-electron chi connectivity index (χ2n) is 10.1. The molecule has 7 nitrogen and oxygen atoms in total. The summed E-state index contributed by atoms with van der Waals surface area (Å²) in [6.45, 7) is 2.09. The van der Waals surface area contributed by atoms with Gasteiger partial charge in [0.1, 0.15) is 5.00 Å². The molecule has 0 aliphatic heterocycles. The number of aromatic nitrogens is 3. The second-order valence-corrected chi connectivity index (χ2v) is 13.0. The van der Waals surface area contributed by atoms with E-state index in [-0.39, 0.29) is 11.9 Å². The van der Waals surface area contributed by atoms with E-state index in [1.165, 1.54) is 16.2 Å². The van der Waals surface area contributed by atoms with Crippen LogP contribution in [0.3, 0.4) is 0 Å². The number of nitrogens with one attached hydrogen (secondary N) is 1. The summed E-state index contributed by atoms with van der Waals surface area (Å²) in [4.78, 5) is 27.2. The highest BCUT2D eigenvalue weighted by Crippen LogP contribution is 2.39. The van der Waals surface area contributed by atoms with Crippen molar-refractivity contribution in [1.82, 2.24) is 14.8 Å². The molecule has 0 fully saturated rings. The number of fused-ring (bicyclic) bond motifs is 1. The number of thioether (sulfide) groups is 1. The molecule has 43 heavy (non-hydrogen) atoms. The fourth-order valence-corrected chi connectivity index (χ4v) is 7.55. The largest absolute Gasteiger partial charge is 0.462 e. The van der Waals surface area contributed by atoms with Gasteiger partial charge in [-0.15, -0.1) is 21.5 Å². The van der Waals surface area contributed by atoms with Crippen molar-refractivity contribution in [2.45, 2.75) is 43.5 Å². The number of para-hydroxylation sites is 1. The Labute approximate surface area is 266 Å². The Morgan fingerprint density at radius 1 is 0.977 bits per heavy atom. The molecule has 218 valence electrons. The number of ether oxygens (including phenoxy) is 1. The quantitative estimate of drug-likeness (QED) is 0.125. The number of esters is 1. The van der Waals surface area contributed by atoms with E-state index in [9.17, 15) is 9.59 Å². The van der Waals surface area contributed by atoms with Gasteiger partial charge in [0, 0.05) is 31.9 Å². The number of rotatable bonds is 9. The Morgan fingerprint density at radius 2 is 1.72 bits per heavy atom. The zero-order valence-electron chi connectivity index (χ0n) is 23.5. The molecule has 1 aliphatic rings. The van der Waals surface area contributed by atoms with E-state index >= 15 is 0 Å². The summed E-state index contributed by atoms with van der Waals surface area (Å²) in [5.41, 5.74) is 5.09. The van der Waals surface area contributed by atoms with Crippen LogP contribution < -0.4 is 5.32 Å². The highest BCUT2D eigenvalue weighted by molar-refractivity contribution is 9.10. The highest BCUT2D eigenvalue weighted by Gasteiger charge is 2.27. The molecule has 0 saturated carbocycles. The van der Waals surface area contributed by atoms with Gasteiger partial charge in [0.25, 0.3) is 5.91 Å². The van der Waals surface area contributed by atoms with Crippen molar-refractivity contribution in [3.8, 4) is 17.1 Å². The zero-order valence-corrected chi connectivity index (χ0v) is 26.7. The summed E-state index contributed by atoms with van der Waals surface area (Å²) >= 11 is 6.58. The number of benzene rings is 3. The minimum atomic E-state index is -0.365. The zero-order chi connectivity index (χ0) is 29.8. The van der Waals surface area contributed by atoms with Crippen molar-refractivity contribution in [2.75, 3.05) is 11.9 Å². The van der Waals surface area contributed by atoms with Gasteiger partial charge in [-0.25, -0.2) is 4.79 Å². The van der Waals surface area contributed by atoms with Crippen molar-refractivity contribution in [2.24, 2.45) is 0 Å². The van der Waals surface area contributed by atoms with Crippen LogP contribution in [-0.2, 0) is 23.3 Å². The standard InChI is InChI=1S/C33H29BrN4O3S2/c1-2-41-32(40)28-26-10-6-7-11-27(26)43-31(28)35-30(39)23-14-12-21(13-15-23)20-42-33-37-36-29(22-16-18-24(34)19-17-22)38(33)25-8-4-3-5-9-25/h3-5,8-9,12-19H,2,6-7,10-11,20H2,1H3,(H,35,39). The summed E-state index contributed by atoms with van der Waals surface area (Å²) in [7, 11) is 0. The number of carbonyl (C=O) groups excluding carboxylic acids is 2. The first kappa shape index (κ1) is 29.3. The van der Waals surface area contributed by atoms with Gasteiger partial charge in [-0.3, -0.25) is 9.36 Å².